The first kappa shape index (κ1) is 13.7. The van der Waals surface area contributed by atoms with E-state index in [2.05, 4.69) is 41.1 Å². The summed E-state index contributed by atoms with van der Waals surface area (Å²) in [5, 5.41) is 3.29. The largest absolute Gasteiger partial charge is 0.383 e. The van der Waals surface area contributed by atoms with Crippen LogP contribution in [0.1, 0.15) is 25.8 Å². The maximum Gasteiger partial charge on any atom is 0.134 e. The number of aromatic nitrogens is 2. The monoisotopic (exact) mass is 237 g/mol. The molecule has 3 N–H and O–H groups in total. The molecule has 5 nitrogen and oxygen atoms in total. The molecule has 0 aliphatic rings. The van der Waals surface area contributed by atoms with E-state index in [0.29, 0.717) is 11.9 Å². The van der Waals surface area contributed by atoms with Crippen LogP contribution in [0.5, 0.6) is 0 Å². The zero-order valence-electron chi connectivity index (χ0n) is 11.2. The van der Waals surface area contributed by atoms with Gasteiger partial charge in [-0.3, -0.25) is 0 Å². The van der Waals surface area contributed by atoms with Gasteiger partial charge in [0, 0.05) is 18.2 Å². The Hall–Kier alpha value is -1.36. The Bertz CT molecular complexity index is 351. The quantitative estimate of drug-likeness (QED) is 0.734. The summed E-state index contributed by atoms with van der Waals surface area (Å²) in [5.74, 6) is 1.38. The molecule has 0 amide bonds. The molecule has 0 spiro atoms. The van der Waals surface area contributed by atoms with Gasteiger partial charge >= 0.3 is 0 Å². The molecule has 17 heavy (non-hydrogen) atoms. The Labute approximate surface area is 103 Å². The van der Waals surface area contributed by atoms with Gasteiger partial charge in [-0.25, -0.2) is 9.97 Å². The number of rotatable bonds is 6. The summed E-state index contributed by atoms with van der Waals surface area (Å²) >= 11 is 0. The van der Waals surface area contributed by atoms with E-state index < -0.39 is 0 Å². The van der Waals surface area contributed by atoms with Crippen molar-refractivity contribution in [3.05, 3.63) is 11.9 Å². The van der Waals surface area contributed by atoms with Crippen LogP contribution in [0.15, 0.2) is 6.33 Å². The summed E-state index contributed by atoms with van der Waals surface area (Å²) in [4.78, 5) is 10.4. The van der Waals surface area contributed by atoms with E-state index in [1.807, 2.05) is 6.92 Å². The fourth-order valence-corrected chi connectivity index (χ4v) is 1.44. The highest BCUT2D eigenvalue weighted by Gasteiger charge is 2.04. The first-order chi connectivity index (χ1) is 8.02. The average molecular weight is 237 g/mol. The van der Waals surface area contributed by atoms with Gasteiger partial charge in [-0.2, -0.15) is 0 Å². The normalized spacial score (nSPS) is 11.2. The second-order valence-electron chi connectivity index (χ2n) is 4.59. The van der Waals surface area contributed by atoms with Crippen LogP contribution in [0, 0.1) is 6.92 Å². The Kier molecular flexibility index (Phi) is 5.15. The van der Waals surface area contributed by atoms with Crippen LogP contribution in [-0.4, -0.2) is 41.0 Å². The molecule has 0 bridgehead atoms. The van der Waals surface area contributed by atoms with Crippen LogP contribution >= 0.6 is 0 Å². The fraction of sp³-hybridized carbons (Fsp3) is 0.667. The predicted octanol–water partition coefficient (Wildman–Crippen LogP) is 1.51. The molecule has 1 aromatic heterocycles. The van der Waals surface area contributed by atoms with Gasteiger partial charge in [0.15, 0.2) is 0 Å². The van der Waals surface area contributed by atoms with E-state index in [4.69, 9.17) is 5.73 Å². The molecule has 0 aromatic carbocycles. The maximum absolute atomic E-state index is 5.71. The zero-order chi connectivity index (χ0) is 12.8. The summed E-state index contributed by atoms with van der Waals surface area (Å²) in [7, 11) is 2.14. The van der Waals surface area contributed by atoms with Gasteiger partial charge in [0.05, 0.1) is 0 Å². The lowest BCUT2D eigenvalue weighted by Gasteiger charge is -2.20. The van der Waals surface area contributed by atoms with Crippen molar-refractivity contribution in [2.45, 2.75) is 33.2 Å². The van der Waals surface area contributed by atoms with E-state index in [-0.39, 0.29) is 0 Å². The number of nitrogens with one attached hydrogen (secondary N) is 1. The van der Waals surface area contributed by atoms with Crippen LogP contribution in [0.3, 0.4) is 0 Å². The van der Waals surface area contributed by atoms with Crippen LogP contribution < -0.4 is 11.1 Å². The maximum atomic E-state index is 5.71. The van der Waals surface area contributed by atoms with Gasteiger partial charge in [0.1, 0.15) is 18.0 Å². The molecule has 1 heterocycles. The van der Waals surface area contributed by atoms with Crippen molar-refractivity contribution in [1.29, 1.82) is 0 Å². The summed E-state index contributed by atoms with van der Waals surface area (Å²) < 4.78 is 0. The highest BCUT2D eigenvalue weighted by atomic mass is 15.1. The standard InChI is InChI=1S/C12H23N5/c1-9(2)17(4)7-5-6-14-12-10(3)11(13)15-8-16-12/h8-9H,5-7H2,1-4H3,(H3,13,14,15,16). The molecule has 0 aliphatic carbocycles. The van der Waals surface area contributed by atoms with E-state index in [0.717, 1.165) is 30.9 Å². The second kappa shape index (κ2) is 6.39. The van der Waals surface area contributed by atoms with E-state index >= 15 is 0 Å². The SMILES string of the molecule is Cc1c(N)ncnc1NCCCN(C)C(C)C. The Morgan fingerprint density at radius 3 is 2.76 bits per heavy atom. The van der Waals surface area contributed by atoms with Crippen LogP contribution in [0.2, 0.25) is 0 Å². The van der Waals surface area contributed by atoms with E-state index in [1.165, 1.54) is 6.33 Å². The van der Waals surface area contributed by atoms with Crippen LogP contribution in [0.4, 0.5) is 11.6 Å². The Morgan fingerprint density at radius 1 is 1.41 bits per heavy atom. The molecule has 0 aliphatic heterocycles. The summed E-state index contributed by atoms with van der Waals surface area (Å²) in [6.07, 6.45) is 2.57. The molecular formula is C12H23N5. The molecule has 0 unspecified atom stereocenters. The van der Waals surface area contributed by atoms with Gasteiger partial charge in [-0.1, -0.05) is 0 Å². The van der Waals surface area contributed by atoms with Crippen molar-refractivity contribution >= 4 is 11.6 Å². The highest BCUT2D eigenvalue weighted by molar-refractivity contribution is 5.53. The third kappa shape index (κ3) is 4.19. The van der Waals surface area contributed by atoms with Gasteiger partial charge in [-0.05, 0) is 40.8 Å². The number of hydrogen-bond donors (Lipinski definition) is 2. The molecule has 1 aromatic rings. The number of hydrogen-bond acceptors (Lipinski definition) is 5. The summed E-state index contributed by atoms with van der Waals surface area (Å²) in [6.45, 7) is 8.29. The highest BCUT2D eigenvalue weighted by Crippen LogP contribution is 2.14. The van der Waals surface area contributed by atoms with Crippen molar-refractivity contribution in [3.63, 3.8) is 0 Å². The molecule has 1 rings (SSSR count). The Morgan fingerprint density at radius 2 is 2.12 bits per heavy atom. The van der Waals surface area contributed by atoms with E-state index in [9.17, 15) is 0 Å². The minimum Gasteiger partial charge on any atom is -0.383 e. The lowest BCUT2D eigenvalue weighted by atomic mass is 10.3. The lowest BCUT2D eigenvalue weighted by Crippen LogP contribution is -2.28. The Balaban J connectivity index is 2.34. The van der Waals surface area contributed by atoms with Gasteiger partial charge in [0.2, 0.25) is 0 Å². The number of nitrogens with zero attached hydrogens (tertiary/aromatic N) is 3. The zero-order valence-corrected chi connectivity index (χ0v) is 11.2. The van der Waals surface area contributed by atoms with Crippen LogP contribution in [0.25, 0.3) is 0 Å². The van der Waals surface area contributed by atoms with Crippen LogP contribution in [-0.2, 0) is 0 Å². The van der Waals surface area contributed by atoms with Crippen molar-refractivity contribution in [1.82, 2.24) is 14.9 Å². The molecule has 0 radical (unpaired) electrons. The smallest absolute Gasteiger partial charge is 0.134 e. The minimum absolute atomic E-state index is 0.543. The fourth-order valence-electron chi connectivity index (χ4n) is 1.44. The summed E-state index contributed by atoms with van der Waals surface area (Å²) in [5.41, 5.74) is 6.63. The van der Waals surface area contributed by atoms with E-state index in [1.54, 1.807) is 0 Å². The van der Waals surface area contributed by atoms with Crippen molar-refractivity contribution in [2.75, 3.05) is 31.2 Å². The first-order valence-corrected chi connectivity index (χ1v) is 6.03. The third-order valence-corrected chi connectivity index (χ3v) is 2.98. The van der Waals surface area contributed by atoms with Crippen molar-refractivity contribution < 1.29 is 0 Å². The molecule has 5 heteroatoms. The number of anilines is 2. The molecule has 0 atom stereocenters. The molecular weight excluding hydrogens is 214 g/mol. The van der Waals surface area contributed by atoms with Gasteiger partial charge in [0.25, 0.3) is 0 Å². The second-order valence-corrected chi connectivity index (χ2v) is 4.59. The lowest BCUT2D eigenvalue weighted by molar-refractivity contribution is 0.273. The molecule has 0 saturated carbocycles. The van der Waals surface area contributed by atoms with Gasteiger partial charge < -0.3 is 16.0 Å². The van der Waals surface area contributed by atoms with Crippen molar-refractivity contribution in [2.24, 2.45) is 0 Å². The minimum atomic E-state index is 0.543. The topological polar surface area (TPSA) is 67.1 Å². The summed E-state index contributed by atoms with van der Waals surface area (Å²) in [6, 6.07) is 0.589. The first-order valence-electron chi connectivity index (χ1n) is 6.03. The predicted molar refractivity (Wildman–Crippen MR) is 72.1 cm³/mol. The third-order valence-electron chi connectivity index (χ3n) is 2.98. The molecule has 0 fully saturated rings. The molecule has 96 valence electrons. The van der Waals surface area contributed by atoms with Crippen molar-refractivity contribution in [3.8, 4) is 0 Å². The number of nitrogens with two attached hydrogens (primary N) is 1. The number of nitrogen functional groups attached to an aromatic ring is 1. The molecule has 0 saturated heterocycles. The average Bonchev–Trinajstić information content (AvgIpc) is 2.29. The van der Waals surface area contributed by atoms with Gasteiger partial charge in [-0.15, -0.1) is 0 Å².